The van der Waals surface area contributed by atoms with E-state index in [1.54, 1.807) is 24.3 Å². The van der Waals surface area contributed by atoms with Crippen molar-refractivity contribution in [1.82, 2.24) is 9.62 Å². The third-order valence-electron chi connectivity index (χ3n) is 3.93. The minimum Gasteiger partial charge on any atom is -0.352 e. The van der Waals surface area contributed by atoms with Gasteiger partial charge in [-0.1, -0.05) is 48.0 Å². The minimum absolute atomic E-state index is 0.0986. The van der Waals surface area contributed by atoms with E-state index in [1.807, 2.05) is 25.1 Å². The summed E-state index contributed by atoms with van der Waals surface area (Å²) in [5, 5.41) is 2.81. The summed E-state index contributed by atoms with van der Waals surface area (Å²) in [5.74, 6) is -0.0986. The summed E-state index contributed by atoms with van der Waals surface area (Å²) in [6.45, 7) is 2.21. The number of carbonyl (C=O) groups excluding carboxylic acids is 1. The minimum atomic E-state index is -3.53. The van der Waals surface area contributed by atoms with E-state index >= 15 is 0 Å². The van der Waals surface area contributed by atoms with Gasteiger partial charge in [0.2, 0.25) is 15.9 Å². The van der Waals surface area contributed by atoms with E-state index in [9.17, 15) is 13.2 Å². The smallest absolute Gasteiger partial charge is 0.242 e. The van der Waals surface area contributed by atoms with Crippen LogP contribution in [0.5, 0.6) is 0 Å². The SMILES string of the molecule is Cc1cccc(CCC(=O)NCc2ccccc2S(=O)(=O)N(C)C)c1. The Morgan fingerprint density at radius 1 is 1.08 bits per heavy atom. The van der Waals surface area contributed by atoms with Gasteiger partial charge < -0.3 is 5.32 Å². The summed E-state index contributed by atoms with van der Waals surface area (Å²) >= 11 is 0. The van der Waals surface area contributed by atoms with Crippen molar-refractivity contribution in [3.05, 3.63) is 65.2 Å². The topological polar surface area (TPSA) is 66.5 Å². The molecule has 134 valence electrons. The van der Waals surface area contributed by atoms with Crippen LogP contribution in [0.2, 0.25) is 0 Å². The van der Waals surface area contributed by atoms with Crippen LogP contribution in [-0.4, -0.2) is 32.7 Å². The highest BCUT2D eigenvalue weighted by Gasteiger charge is 2.20. The summed E-state index contributed by atoms with van der Waals surface area (Å²) in [6, 6.07) is 14.8. The number of benzene rings is 2. The average molecular weight is 360 g/mol. The highest BCUT2D eigenvalue weighted by atomic mass is 32.2. The molecule has 0 aliphatic carbocycles. The van der Waals surface area contributed by atoms with Gasteiger partial charge in [0.15, 0.2) is 0 Å². The van der Waals surface area contributed by atoms with Gasteiger partial charge in [-0.2, -0.15) is 0 Å². The van der Waals surface area contributed by atoms with Gasteiger partial charge in [0.05, 0.1) is 4.90 Å². The van der Waals surface area contributed by atoms with Crippen molar-refractivity contribution < 1.29 is 13.2 Å². The van der Waals surface area contributed by atoms with Crippen molar-refractivity contribution >= 4 is 15.9 Å². The van der Waals surface area contributed by atoms with Crippen LogP contribution in [0.15, 0.2) is 53.4 Å². The number of carbonyl (C=O) groups is 1. The molecule has 0 aliphatic rings. The molecule has 25 heavy (non-hydrogen) atoms. The van der Waals surface area contributed by atoms with Crippen LogP contribution in [0.3, 0.4) is 0 Å². The molecule has 5 nitrogen and oxygen atoms in total. The van der Waals surface area contributed by atoms with Crippen LogP contribution < -0.4 is 5.32 Å². The second-order valence-corrected chi connectivity index (χ2v) is 8.28. The van der Waals surface area contributed by atoms with Crippen molar-refractivity contribution in [2.24, 2.45) is 0 Å². The molecular weight excluding hydrogens is 336 g/mol. The number of sulfonamides is 1. The molecule has 1 N–H and O–H groups in total. The Kier molecular flexibility index (Phi) is 6.33. The van der Waals surface area contributed by atoms with E-state index in [2.05, 4.69) is 11.4 Å². The van der Waals surface area contributed by atoms with Gasteiger partial charge in [0, 0.05) is 27.1 Å². The molecule has 0 radical (unpaired) electrons. The largest absolute Gasteiger partial charge is 0.352 e. The number of amides is 1. The van der Waals surface area contributed by atoms with Crippen LogP contribution >= 0.6 is 0 Å². The Balaban J connectivity index is 1.98. The zero-order valence-electron chi connectivity index (χ0n) is 14.8. The number of nitrogens with one attached hydrogen (secondary N) is 1. The number of rotatable bonds is 7. The zero-order chi connectivity index (χ0) is 18.4. The van der Waals surface area contributed by atoms with Crippen LogP contribution in [0.4, 0.5) is 0 Å². The third kappa shape index (κ3) is 5.14. The van der Waals surface area contributed by atoms with Crippen molar-refractivity contribution in [1.29, 1.82) is 0 Å². The number of nitrogens with zero attached hydrogens (tertiary/aromatic N) is 1. The fourth-order valence-electron chi connectivity index (χ4n) is 2.51. The van der Waals surface area contributed by atoms with Gasteiger partial charge in [0.25, 0.3) is 0 Å². The monoisotopic (exact) mass is 360 g/mol. The Labute approximate surface area is 149 Å². The van der Waals surface area contributed by atoms with Gasteiger partial charge >= 0.3 is 0 Å². The van der Waals surface area contributed by atoms with E-state index in [-0.39, 0.29) is 17.3 Å². The van der Waals surface area contributed by atoms with Crippen LogP contribution in [-0.2, 0) is 27.8 Å². The van der Waals surface area contributed by atoms with Gasteiger partial charge in [-0.05, 0) is 30.5 Å². The van der Waals surface area contributed by atoms with Gasteiger partial charge in [0.1, 0.15) is 0 Å². The molecule has 2 aromatic carbocycles. The lowest BCUT2D eigenvalue weighted by Gasteiger charge is -2.15. The summed E-state index contributed by atoms with van der Waals surface area (Å²) in [5.41, 5.74) is 2.87. The maximum atomic E-state index is 12.4. The summed E-state index contributed by atoms with van der Waals surface area (Å²) in [4.78, 5) is 12.3. The first kappa shape index (κ1) is 19.1. The first-order chi connectivity index (χ1) is 11.8. The molecule has 0 fully saturated rings. The first-order valence-electron chi connectivity index (χ1n) is 8.13. The second-order valence-electron chi connectivity index (χ2n) is 6.16. The van der Waals surface area contributed by atoms with Gasteiger partial charge in [-0.25, -0.2) is 12.7 Å². The summed E-state index contributed by atoms with van der Waals surface area (Å²) in [7, 11) is -0.548. The lowest BCUT2D eigenvalue weighted by Crippen LogP contribution is -2.27. The first-order valence-corrected chi connectivity index (χ1v) is 9.57. The van der Waals surface area contributed by atoms with Crippen LogP contribution in [0, 0.1) is 6.92 Å². The van der Waals surface area contributed by atoms with E-state index in [1.165, 1.54) is 24.0 Å². The van der Waals surface area contributed by atoms with E-state index in [4.69, 9.17) is 0 Å². The van der Waals surface area contributed by atoms with Crippen molar-refractivity contribution in [3.63, 3.8) is 0 Å². The molecule has 0 spiro atoms. The highest BCUT2D eigenvalue weighted by Crippen LogP contribution is 2.18. The molecular formula is C19H24N2O3S. The zero-order valence-corrected chi connectivity index (χ0v) is 15.6. The molecule has 0 aliphatic heterocycles. The number of hydrogen-bond donors (Lipinski definition) is 1. The molecule has 0 aromatic heterocycles. The lowest BCUT2D eigenvalue weighted by molar-refractivity contribution is -0.121. The molecule has 0 atom stereocenters. The van der Waals surface area contributed by atoms with E-state index in [0.717, 1.165) is 5.56 Å². The van der Waals surface area contributed by atoms with Crippen molar-refractivity contribution in [3.8, 4) is 0 Å². The summed E-state index contributed by atoms with van der Waals surface area (Å²) in [6.07, 6.45) is 1.03. The molecule has 6 heteroatoms. The standard InChI is InChI=1S/C19H24N2O3S/c1-15-7-6-8-16(13-15)11-12-19(22)20-14-17-9-4-5-10-18(17)25(23,24)21(2)3/h4-10,13H,11-12,14H2,1-3H3,(H,20,22). The van der Waals surface area contributed by atoms with Crippen molar-refractivity contribution in [2.45, 2.75) is 31.2 Å². The molecule has 0 heterocycles. The fourth-order valence-corrected chi connectivity index (χ4v) is 3.62. The summed E-state index contributed by atoms with van der Waals surface area (Å²) < 4.78 is 25.9. The molecule has 1 amide bonds. The number of hydrogen-bond acceptors (Lipinski definition) is 3. The number of aryl methyl sites for hydroxylation is 2. The van der Waals surface area contributed by atoms with E-state index in [0.29, 0.717) is 18.4 Å². The predicted octanol–water partition coefficient (Wildman–Crippen LogP) is 2.49. The quantitative estimate of drug-likeness (QED) is 0.825. The Morgan fingerprint density at radius 2 is 1.80 bits per heavy atom. The van der Waals surface area contributed by atoms with Crippen LogP contribution in [0.1, 0.15) is 23.1 Å². The fraction of sp³-hybridized carbons (Fsp3) is 0.316. The van der Waals surface area contributed by atoms with Gasteiger partial charge in [-0.15, -0.1) is 0 Å². The average Bonchev–Trinajstić information content (AvgIpc) is 2.58. The van der Waals surface area contributed by atoms with Crippen molar-refractivity contribution in [2.75, 3.05) is 14.1 Å². The second kappa shape index (κ2) is 8.27. The Hall–Kier alpha value is -2.18. The molecule has 0 saturated carbocycles. The normalized spacial score (nSPS) is 11.5. The maximum absolute atomic E-state index is 12.4. The molecule has 2 rings (SSSR count). The maximum Gasteiger partial charge on any atom is 0.242 e. The van der Waals surface area contributed by atoms with Crippen LogP contribution in [0.25, 0.3) is 0 Å². The molecule has 0 unspecified atom stereocenters. The Bertz CT molecular complexity index is 845. The highest BCUT2D eigenvalue weighted by molar-refractivity contribution is 7.89. The Morgan fingerprint density at radius 3 is 2.48 bits per heavy atom. The molecule has 0 bridgehead atoms. The molecule has 2 aromatic rings. The van der Waals surface area contributed by atoms with E-state index < -0.39 is 10.0 Å². The third-order valence-corrected chi connectivity index (χ3v) is 5.85. The lowest BCUT2D eigenvalue weighted by atomic mass is 10.1. The molecule has 0 saturated heterocycles. The predicted molar refractivity (Wildman–Crippen MR) is 98.7 cm³/mol. The van der Waals surface area contributed by atoms with Gasteiger partial charge in [-0.3, -0.25) is 4.79 Å².